The molecule has 0 atom stereocenters. The zero-order valence-corrected chi connectivity index (χ0v) is 13.1. The number of fused-ring (bicyclic) bond motifs is 1. The van der Waals surface area contributed by atoms with Gasteiger partial charge in [-0.05, 0) is 41.7 Å². The number of hydrogen-bond acceptors (Lipinski definition) is 1. The van der Waals surface area contributed by atoms with Crippen LogP contribution in [-0.2, 0) is 6.42 Å². The SMILES string of the molecule is CN(C)C(N)=NC(N)=NCCC1=CCc2ccc(Cl)cc21. The lowest BCUT2D eigenvalue weighted by Crippen LogP contribution is -2.32. The van der Waals surface area contributed by atoms with Gasteiger partial charge < -0.3 is 16.4 Å². The third kappa shape index (κ3) is 3.98. The van der Waals surface area contributed by atoms with E-state index < -0.39 is 0 Å². The quantitative estimate of drug-likeness (QED) is 0.661. The largest absolute Gasteiger partial charge is 0.369 e. The van der Waals surface area contributed by atoms with Gasteiger partial charge in [0.05, 0.1) is 0 Å². The fourth-order valence-corrected chi connectivity index (χ4v) is 2.32. The molecule has 0 fully saturated rings. The molecule has 1 aromatic rings. The molecular formula is C15H20ClN5. The lowest BCUT2D eigenvalue weighted by Gasteiger charge is -2.09. The van der Waals surface area contributed by atoms with Crippen LogP contribution in [0.4, 0.5) is 0 Å². The second-order valence-corrected chi connectivity index (χ2v) is 5.53. The molecule has 0 saturated heterocycles. The molecular weight excluding hydrogens is 286 g/mol. The molecule has 5 nitrogen and oxygen atoms in total. The molecule has 1 aliphatic carbocycles. The van der Waals surface area contributed by atoms with Crippen molar-refractivity contribution in [3.63, 3.8) is 0 Å². The Balaban J connectivity index is 1.97. The van der Waals surface area contributed by atoms with Crippen molar-refractivity contribution >= 4 is 29.1 Å². The molecule has 21 heavy (non-hydrogen) atoms. The van der Waals surface area contributed by atoms with E-state index in [9.17, 15) is 0 Å². The molecule has 112 valence electrons. The maximum absolute atomic E-state index is 6.05. The van der Waals surface area contributed by atoms with Crippen LogP contribution in [-0.4, -0.2) is 37.5 Å². The fraction of sp³-hybridized carbons (Fsp3) is 0.333. The monoisotopic (exact) mass is 305 g/mol. The van der Waals surface area contributed by atoms with Crippen molar-refractivity contribution in [1.29, 1.82) is 0 Å². The lowest BCUT2D eigenvalue weighted by molar-refractivity contribution is 0.615. The zero-order chi connectivity index (χ0) is 15.4. The fourth-order valence-electron chi connectivity index (χ4n) is 2.15. The van der Waals surface area contributed by atoms with Crippen molar-refractivity contribution in [2.45, 2.75) is 12.8 Å². The Morgan fingerprint density at radius 2 is 2.10 bits per heavy atom. The van der Waals surface area contributed by atoms with Gasteiger partial charge in [0.25, 0.3) is 0 Å². The molecule has 0 unspecified atom stereocenters. The Bertz CT molecular complexity index is 616. The number of nitrogens with zero attached hydrogens (tertiary/aromatic N) is 3. The summed E-state index contributed by atoms with van der Waals surface area (Å²) >= 11 is 6.05. The molecule has 0 aliphatic heterocycles. The maximum atomic E-state index is 6.05. The van der Waals surface area contributed by atoms with Gasteiger partial charge in [-0.3, -0.25) is 4.99 Å². The first-order chi connectivity index (χ1) is 9.97. The molecule has 2 rings (SSSR count). The highest BCUT2D eigenvalue weighted by molar-refractivity contribution is 6.30. The Labute approximate surface area is 130 Å². The van der Waals surface area contributed by atoms with Crippen LogP contribution in [0.1, 0.15) is 17.5 Å². The average molecular weight is 306 g/mol. The van der Waals surface area contributed by atoms with Gasteiger partial charge in [-0.1, -0.05) is 23.7 Å². The molecule has 0 bridgehead atoms. The van der Waals surface area contributed by atoms with Crippen LogP contribution in [0.25, 0.3) is 5.57 Å². The van der Waals surface area contributed by atoms with Crippen molar-refractivity contribution in [1.82, 2.24) is 4.90 Å². The molecule has 0 heterocycles. The van der Waals surface area contributed by atoms with Crippen molar-refractivity contribution in [3.8, 4) is 0 Å². The van der Waals surface area contributed by atoms with Crippen molar-refractivity contribution in [3.05, 3.63) is 40.4 Å². The summed E-state index contributed by atoms with van der Waals surface area (Å²) in [5.41, 5.74) is 15.2. The molecule has 0 radical (unpaired) electrons. The highest BCUT2D eigenvalue weighted by Gasteiger charge is 2.13. The first kappa shape index (κ1) is 15.4. The second-order valence-electron chi connectivity index (χ2n) is 5.09. The minimum atomic E-state index is 0.200. The van der Waals surface area contributed by atoms with E-state index in [-0.39, 0.29) is 5.96 Å². The predicted molar refractivity (Wildman–Crippen MR) is 89.5 cm³/mol. The predicted octanol–water partition coefficient (Wildman–Crippen LogP) is 1.86. The Morgan fingerprint density at radius 1 is 1.33 bits per heavy atom. The van der Waals surface area contributed by atoms with Crippen LogP contribution in [0, 0.1) is 0 Å². The number of rotatable bonds is 3. The summed E-state index contributed by atoms with van der Waals surface area (Å²) in [5.74, 6) is 0.541. The van der Waals surface area contributed by atoms with E-state index in [2.05, 4.69) is 22.1 Å². The summed E-state index contributed by atoms with van der Waals surface area (Å²) in [6, 6.07) is 6.00. The third-order valence-corrected chi connectivity index (χ3v) is 3.56. The van der Waals surface area contributed by atoms with Gasteiger partial charge in [-0.25, -0.2) is 0 Å². The molecule has 0 aromatic heterocycles. The van der Waals surface area contributed by atoms with E-state index >= 15 is 0 Å². The average Bonchev–Trinajstić information content (AvgIpc) is 2.81. The van der Waals surface area contributed by atoms with Crippen LogP contribution < -0.4 is 11.5 Å². The Morgan fingerprint density at radius 3 is 2.81 bits per heavy atom. The molecule has 0 amide bonds. The number of allylic oxidation sites excluding steroid dienone is 1. The van der Waals surface area contributed by atoms with Gasteiger partial charge in [-0.15, -0.1) is 0 Å². The van der Waals surface area contributed by atoms with Crippen molar-refractivity contribution in [2.24, 2.45) is 21.5 Å². The third-order valence-electron chi connectivity index (χ3n) is 3.33. The summed E-state index contributed by atoms with van der Waals surface area (Å²) in [6.45, 7) is 0.577. The summed E-state index contributed by atoms with van der Waals surface area (Å²) in [7, 11) is 3.60. The summed E-state index contributed by atoms with van der Waals surface area (Å²) < 4.78 is 0. The van der Waals surface area contributed by atoms with E-state index in [1.807, 2.05) is 12.1 Å². The first-order valence-electron chi connectivity index (χ1n) is 6.76. The van der Waals surface area contributed by atoms with Crippen LogP contribution in [0.2, 0.25) is 5.02 Å². The van der Waals surface area contributed by atoms with Crippen molar-refractivity contribution in [2.75, 3.05) is 20.6 Å². The molecule has 0 saturated carbocycles. The number of benzene rings is 1. The summed E-state index contributed by atoms with van der Waals surface area (Å²) in [4.78, 5) is 9.92. The van der Waals surface area contributed by atoms with E-state index in [4.69, 9.17) is 23.1 Å². The van der Waals surface area contributed by atoms with Gasteiger partial charge in [0.15, 0.2) is 5.96 Å². The molecule has 4 N–H and O–H groups in total. The molecule has 6 heteroatoms. The number of nitrogens with two attached hydrogens (primary N) is 2. The molecule has 1 aromatic carbocycles. The lowest BCUT2D eigenvalue weighted by atomic mass is 10.0. The highest BCUT2D eigenvalue weighted by atomic mass is 35.5. The standard InChI is InChI=1S/C15H20ClN5/c1-21(2)15(18)20-14(17)19-8-7-11-4-3-10-5-6-12(16)9-13(10)11/h4-6,9H,3,7-8H2,1-2H3,(H4,17,18,19,20). The van der Waals surface area contributed by atoms with E-state index in [0.29, 0.717) is 12.5 Å². The van der Waals surface area contributed by atoms with Crippen LogP contribution >= 0.6 is 11.6 Å². The number of aliphatic imine (C=N–C) groups is 2. The summed E-state index contributed by atoms with van der Waals surface area (Å²) in [6.07, 6.45) is 3.97. The minimum Gasteiger partial charge on any atom is -0.369 e. The van der Waals surface area contributed by atoms with Gasteiger partial charge in [0.2, 0.25) is 5.96 Å². The van der Waals surface area contributed by atoms with Gasteiger partial charge in [0.1, 0.15) is 0 Å². The molecule has 0 spiro atoms. The van der Waals surface area contributed by atoms with Crippen LogP contribution in [0.15, 0.2) is 34.3 Å². The first-order valence-corrected chi connectivity index (χ1v) is 7.14. The zero-order valence-electron chi connectivity index (χ0n) is 12.3. The minimum absolute atomic E-state index is 0.200. The number of halogens is 1. The van der Waals surface area contributed by atoms with E-state index in [1.54, 1.807) is 19.0 Å². The van der Waals surface area contributed by atoms with Gasteiger partial charge >= 0.3 is 0 Å². The van der Waals surface area contributed by atoms with E-state index in [0.717, 1.165) is 17.9 Å². The Kier molecular flexibility index (Phi) is 4.85. The highest BCUT2D eigenvalue weighted by Crippen LogP contribution is 2.31. The smallest absolute Gasteiger partial charge is 0.218 e. The number of hydrogen-bond donors (Lipinski definition) is 2. The summed E-state index contributed by atoms with van der Waals surface area (Å²) in [5, 5.41) is 0.757. The Hall–Kier alpha value is -2.01. The van der Waals surface area contributed by atoms with Crippen molar-refractivity contribution < 1.29 is 0 Å². The number of guanidine groups is 2. The molecule has 1 aliphatic rings. The van der Waals surface area contributed by atoms with E-state index in [1.165, 1.54) is 16.7 Å². The van der Waals surface area contributed by atoms with Crippen LogP contribution in [0.3, 0.4) is 0 Å². The maximum Gasteiger partial charge on any atom is 0.218 e. The van der Waals surface area contributed by atoms with Gasteiger partial charge in [0, 0.05) is 25.7 Å². The second kappa shape index (κ2) is 6.63. The van der Waals surface area contributed by atoms with Gasteiger partial charge in [-0.2, -0.15) is 4.99 Å². The topological polar surface area (TPSA) is 80.0 Å². The van der Waals surface area contributed by atoms with Crippen LogP contribution in [0.5, 0.6) is 0 Å². The normalized spacial score (nSPS) is 14.9.